The highest BCUT2D eigenvalue weighted by Crippen LogP contribution is 2.43. The molecule has 0 bridgehead atoms. The van der Waals surface area contributed by atoms with Crippen LogP contribution in [0.2, 0.25) is 0 Å². The van der Waals surface area contributed by atoms with Gasteiger partial charge in [0.2, 0.25) is 0 Å². The number of carbonyl (C=O) groups excluding carboxylic acids is 6. The Labute approximate surface area is 438 Å². The van der Waals surface area contributed by atoms with Gasteiger partial charge in [-0.05, 0) is 113 Å². The molecular weight excluding hydrogens is 991 g/mol. The Kier molecular flexibility index (Phi) is 20.0. The summed E-state index contributed by atoms with van der Waals surface area (Å²) in [6, 6.07) is 8.08. The number of allylic oxidation sites excluding steroid dienone is 8. The topological polar surface area (TPSA) is 244 Å². The number of rotatable bonds is 15. The van der Waals surface area contributed by atoms with Crippen molar-refractivity contribution in [1.29, 1.82) is 21.0 Å². The summed E-state index contributed by atoms with van der Waals surface area (Å²) >= 11 is 3.02. The summed E-state index contributed by atoms with van der Waals surface area (Å²) in [6.45, 7) is 18.0. The number of esters is 3. The molecule has 3 saturated heterocycles. The normalized spacial score (nSPS) is 23.5. The summed E-state index contributed by atoms with van der Waals surface area (Å²) in [6.07, 6.45) is 10.6. The number of ether oxygens (including phenoxy) is 3. The van der Waals surface area contributed by atoms with Crippen LogP contribution in [0, 0.1) is 82.1 Å². The van der Waals surface area contributed by atoms with E-state index in [9.17, 15) is 49.8 Å². The van der Waals surface area contributed by atoms with Crippen LogP contribution in [-0.4, -0.2) is 126 Å². The molecule has 3 aliphatic heterocycles. The van der Waals surface area contributed by atoms with Crippen LogP contribution in [-0.2, 0) is 43.0 Å². The number of thioether (sulfide) groups is 3. The van der Waals surface area contributed by atoms with E-state index in [1.165, 1.54) is 0 Å². The average Bonchev–Trinajstić information content (AvgIpc) is 4.26. The molecule has 3 atom stereocenters. The zero-order valence-corrected chi connectivity index (χ0v) is 43.5. The van der Waals surface area contributed by atoms with E-state index in [0.717, 1.165) is 73.8 Å². The molecule has 380 valence electrons. The van der Waals surface area contributed by atoms with Crippen LogP contribution in [0.5, 0.6) is 0 Å². The SMILES string of the molecule is [C-]#[N+]C1=C(N2CCCC2)CC(C(=O)SC)C/C1=C(/[N+]#[C-])C(=O)OCC(COC(=O)/C(C#N)=C1\CC(C(=O)SC)CC(N2CCCC2)=C1C#N)COC(=O)/C(C#N)=C1\CC(C(=O)SC)CC(N2CCCC2)=C1C#N. The Hall–Kier alpha value is -6.75. The Bertz CT molecular complexity index is 2460. The van der Waals surface area contributed by atoms with Crippen LogP contribution < -0.4 is 0 Å². The molecule has 0 spiro atoms. The van der Waals surface area contributed by atoms with Gasteiger partial charge in [0.1, 0.15) is 48.6 Å². The highest BCUT2D eigenvalue weighted by atomic mass is 32.2. The van der Waals surface area contributed by atoms with Crippen LogP contribution in [0.1, 0.15) is 77.0 Å². The Balaban J connectivity index is 1.35. The maximum Gasteiger partial charge on any atom is 0.349 e. The molecule has 0 aromatic heterocycles. The predicted molar refractivity (Wildman–Crippen MR) is 270 cm³/mol. The van der Waals surface area contributed by atoms with Crippen molar-refractivity contribution in [3.8, 4) is 24.3 Å². The van der Waals surface area contributed by atoms with Gasteiger partial charge in [0.25, 0.3) is 5.70 Å². The van der Waals surface area contributed by atoms with Crippen LogP contribution in [0.25, 0.3) is 9.69 Å². The van der Waals surface area contributed by atoms with Gasteiger partial charge in [0.05, 0.1) is 36.8 Å². The molecular formula is C52H55N9O9S3. The van der Waals surface area contributed by atoms with Crippen molar-refractivity contribution in [3.63, 3.8) is 0 Å². The summed E-state index contributed by atoms with van der Waals surface area (Å²) in [7, 11) is 0. The van der Waals surface area contributed by atoms with Crippen LogP contribution >= 0.6 is 35.3 Å². The standard InChI is InChI=1S/C52H55N9O9S3/c1-57-45-37(20-34(52(67)73-5)23-44(45)61-16-10-11-17-61)46(58-2)49(64)70-30-31(28-68-47(62)40(26-55)35-18-32(50(65)71-3)21-42(38(35)24-53)59-12-6-7-13-59)29-69-48(63)41(27-56)36-19-33(51(66)72-4)22-43(39(36)25-54)60-14-8-9-15-60/h31-34H,6-23,28-30H2,3-5H3/b40-35+,41-36+,46-37-. The average molecular weight is 1050 g/mol. The lowest BCUT2D eigenvalue weighted by atomic mass is 9.81. The van der Waals surface area contributed by atoms with Gasteiger partial charge < -0.3 is 28.9 Å². The first-order chi connectivity index (χ1) is 35.3. The second kappa shape index (κ2) is 26.3. The maximum absolute atomic E-state index is 14.1. The molecule has 3 aliphatic carbocycles. The smallest absolute Gasteiger partial charge is 0.349 e. The van der Waals surface area contributed by atoms with Gasteiger partial charge >= 0.3 is 17.9 Å². The first kappa shape index (κ1) is 55.6. The van der Waals surface area contributed by atoms with Gasteiger partial charge in [-0.3, -0.25) is 19.2 Å². The molecule has 0 saturated carbocycles. The lowest BCUT2D eigenvalue weighted by Gasteiger charge is -2.32. The lowest BCUT2D eigenvalue weighted by Crippen LogP contribution is -2.31. The van der Waals surface area contributed by atoms with Gasteiger partial charge in [-0.25, -0.2) is 19.3 Å². The van der Waals surface area contributed by atoms with Crippen molar-refractivity contribution in [2.75, 3.05) is 77.9 Å². The van der Waals surface area contributed by atoms with E-state index in [1.54, 1.807) is 18.8 Å². The van der Waals surface area contributed by atoms with E-state index in [4.69, 9.17) is 27.4 Å². The van der Waals surface area contributed by atoms with Gasteiger partial charge in [0.15, 0.2) is 21.0 Å². The maximum atomic E-state index is 14.1. The summed E-state index contributed by atoms with van der Waals surface area (Å²) in [5.41, 5.74) is 0.570. The minimum Gasteiger partial charge on any atom is -0.470 e. The molecule has 0 aromatic carbocycles. The lowest BCUT2D eigenvalue weighted by molar-refractivity contribution is -0.148. The second-order valence-corrected chi connectivity index (χ2v) is 20.7. The number of nitrogens with zero attached hydrogens (tertiary/aromatic N) is 9. The highest BCUT2D eigenvalue weighted by Gasteiger charge is 2.40. The van der Waals surface area contributed by atoms with Crippen molar-refractivity contribution >= 4 is 68.5 Å². The molecule has 0 radical (unpaired) electrons. The van der Waals surface area contributed by atoms with Crippen LogP contribution in [0.4, 0.5) is 0 Å². The summed E-state index contributed by atoms with van der Waals surface area (Å²) < 4.78 is 17.1. The molecule has 0 amide bonds. The fourth-order valence-corrected chi connectivity index (χ4v) is 11.8. The second-order valence-electron chi connectivity index (χ2n) is 18.3. The molecule has 0 N–H and O–H groups in total. The third-order valence-electron chi connectivity index (χ3n) is 14.0. The van der Waals surface area contributed by atoms with E-state index in [1.807, 2.05) is 26.8 Å². The minimum absolute atomic E-state index is 0.0478. The molecule has 6 aliphatic rings. The zero-order chi connectivity index (χ0) is 52.8. The molecule has 3 unspecified atom stereocenters. The molecule has 6 rings (SSSR count). The monoisotopic (exact) mass is 1050 g/mol. The van der Waals surface area contributed by atoms with Crippen molar-refractivity contribution in [3.05, 3.63) is 90.3 Å². The van der Waals surface area contributed by atoms with Gasteiger partial charge in [-0.1, -0.05) is 35.3 Å². The summed E-state index contributed by atoms with van der Waals surface area (Å²) in [5.74, 6) is -6.65. The Morgan fingerprint density at radius 1 is 0.548 bits per heavy atom. The molecule has 3 heterocycles. The fourth-order valence-electron chi connectivity index (χ4n) is 10.3. The van der Waals surface area contributed by atoms with E-state index < -0.39 is 78.2 Å². The number of carbonyl (C=O) groups is 6. The third-order valence-corrected chi connectivity index (χ3v) is 16.2. The van der Waals surface area contributed by atoms with Crippen molar-refractivity contribution in [2.24, 2.45) is 23.7 Å². The Morgan fingerprint density at radius 2 is 0.890 bits per heavy atom. The molecule has 3 fully saturated rings. The number of hydrogen-bond donors (Lipinski definition) is 0. The van der Waals surface area contributed by atoms with Crippen LogP contribution in [0.15, 0.2) is 67.5 Å². The van der Waals surface area contributed by atoms with Crippen molar-refractivity contribution < 1.29 is 43.0 Å². The molecule has 0 aromatic rings. The van der Waals surface area contributed by atoms with Gasteiger partial charge in [-0.15, -0.1) is 0 Å². The number of hydrogen-bond acceptors (Lipinski definition) is 19. The van der Waals surface area contributed by atoms with Gasteiger partial charge in [-0.2, -0.15) is 21.0 Å². The van der Waals surface area contributed by atoms with Gasteiger partial charge in [0, 0.05) is 74.1 Å². The first-order valence-corrected chi connectivity index (χ1v) is 27.7. The summed E-state index contributed by atoms with van der Waals surface area (Å²) in [5, 5.41) is 41.3. The number of likely N-dealkylation sites (tertiary alicyclic amines) is 3. The predicted octanol–water partition coefficient (Wildman–Crippen LogP) is 6.92. The van der Waals surface area contributed by atoms with E-state index >= 15 is 0 Å². The molecule has 21 heteroatoms. The minimum atomic E-state index is -1.23. The van der Waals surface area contributed by atoms with Crippen LogP contribution in [0.3, 0.4) is 0 Å². The molecule has 18 nitrogen and oxygen atoms in total. The quantitative estimate of drug-likeness (QED) is 0.0531. The number of nitriles is 4. The Morgan fingerprint density at radius 3 is 1.22 bits per heavy atom. The van der Waals surface area contributed by atoms with E-state index in [-0.39, 0.29) is 87.4 Å². The largest absolute Gasteiger partial charge is 0.470 e. The van der Waals surface area contributed by atoms with Crippen molar-refractivity contribution in [2.45, 2.75) is 77.0 Å². The fraction of sp³-hybridized carbons (Fsp3) is 0.538. The first-order valence-electron chi connectivity index (χ1n) is 24.1. The molecule has 73 heavy (non-hydrogen) atoms. The zero-order valence-electron chi connectivity index (χ0n) is 41.1. The van der Waals surface area contributed by atoms with E-state index in [0.29, 0.717) is 56.4 Å². The highest BCUT2D eigenvalue weighted by molar-refractivity contribution is 8.13. The summed E-state index contributed by atoms with van der Waals surface area (Å²) in [4.78, 5) is 94.8. The third kappa shape index (κ3) is 12.7. The van der Waals surface area contributed by atoms with E-state index in [2.05, 4.69) is 21.8 Å². The van der Waals surface area contributed by atoms with Crippen molar-refractivity contribution in [1.82, 2.24) is 14.7 Å².